The van der Waals surface area contributed by atoms with Crippen LogP contribution in [0.1, 0.15) is 43.2 Å². The van der Waals surface area contributed by atoms with Gasteiger partial charge in [0.1, 0.15) is 0 Å². The summed E-state index contributed by atoms with van der Waals surface area (Å²) < 4.78 is 0. The molecule has 4 rings (SSSR count). The van der Waals surface area contributed by atoms with E-state index in [0.717, 1.165) is 46.8 Å². The smallest absolute Gasteiger partial charge is 0.0978 e. The van der Waals surface area contributed by atoms with Crippen LogP contribution in [0.15, 0.2) is 70.9 Å². The van der Waals surface area contributed by atoms with Crippen molar-refractivity contribution >= 4 is 22.8 Å². The molecule has 2 aromatic rings. The van der Waals surface area contributed by atoms with Crippen LogP contribution < -0.4 is 16.9 Å². The molecule has 4 heteroatoms. The highest BCUT2D eigenvalue weighted by atomic mass is 15.3. The monoisotopic (exact) mass is 344 g/mol. The molecule has 2 aromatic carbocycles. The quantitative estimate of drug-likeness (QED) is 0.704. The van der Waals surface area contributed by atoms with Crippen LogP contribution >= 0.6 is 0 Å². The van der Waals surface area contributed by atoms with Gasteiger partial charge in [-0.2, -0.15) is 5.10 Å². The summed E-state index contributed by atoms with van der Waals surface area (Å²) in [5.74, 6) is 0. The van der Waals surface area contributed by atoms with Gasteiger partial charge in [0, 0.05) is 22.5 Å². The molecule has 0 atom stereocenters. The van der Waals surface area contributed by atoms with Crippen LogP contribution in [0.25, 0.3) is 5.70 Å². The number of allylic oxidation sites excluding steroid dienone is 3. The highest BCUT2D eigenvalue weighted by molar-refractivity contribution is 6.17. The molecule has 0 aromatic heterocycles. The van der Waals surface area contributed by atoms with Gasteiger partial charge in [-0.3, -0.25) is 5.43 Å². The second kappa shape index (κ2) is 7.08. The number of hydrogen-bond donors (Lipinski definition) is 3. The third kappa shape index (κ3) is 3.23. The van der Waals surface area contributed by atoms with E-state index in [2.05, 4.69) is 23.6 Å². The van der Waals surface area contributed by atoms with Gasteiger partial charge in [-0.25, -0.2) is 0 Å². The number of nitrogen functional groups attached to an aromatic ring is 2. The Labute approximate surface area is 154 Å². The summed E-state index contributed by atoms with van der Waals surface area (Å²) in [6, 6.07) is 15.9. The molecule has 1 heterocycles. The first-order valence-electron chi connectivity index (χ1n) is 9.22. The van der Waals surface area contributed by atoms with Crippen LogP contribution in [0.2, 0.25) is 0 Å². The number of benzene rings is 2. The summed E-state index contributed by atoms with van der Waals surface area (Å²) in [6.45, 7) is 0. The van der Waals surface area contributed by atoms with E-state index < -0.39 is 0 Å². The molecule has 0 saturated heterocycles. The van der Waals surface area contributed by atoms with E-state index in [0.29, 0.717) is 0 Å². The van der Waals surface area contributed by atoms with Crippen LogP contribution in [0.5, 0.6) is 0 Å². The Bertz CT molecular complexity index is 887. The Balaban J connectivity index is 1.80. The highest BCUT2D eigenvalue weighted by Gasteiger charge is 2.24. The van der Waals surface area contributed by atoms with Gasteiger partial charge in [0.25, 0.3) is 0 Å². The minimum Gasteiger partial charge on any atom is -0.399 e. The number of nitrogens with one attached hydrogen (secondary N) is 1. The van der Waals surface area contributed by atoms with Gasteiger partial charge in [-0.1, -0.05) is 36.8 Å². The summed E-state index contributed by atoms with van der Waals surface area (Å²) in [4.78, 5) is 0. The number of fused-ring (bicyclic) bond motifs is 1. The zero-order valence-electron chi connectivity index (χ0n) is 14.8. The zero-order chi connectivity index (χ0) is 17.9. The van der Waals surface area contributed by atoms with Gasteiger partial charge >= 0.3 is 0 Å². The number of hydrazone groups is 1. The Kier molecular flexibility index (Phi) is 4.48. The Morgan fingerprint density at radius 1 is 0.769 bits per heavy atom. The summed E-state index contributed by atoms with van der Waals surface area (Å²) >= 11 is 0. The first kappa shape index (κ1) is 16.5. The molecule has 0 fully saturated rings. The van der Waals surface area contributed by atoms with Gasteiger partial charge in [0.2, 0.25) is 0 Å². The molecule has 4 nitrogen and oxygen atoms in total. The average molecular weight is 344 g/mol. The Morgan fingerprint density at radius 3 is 2.12 bits per heavy atom. The summed E-state index contributed by atoms with van der Waals surface area (Å²) in [7, 11) is 0. The predicted molar refractivity (Wildman–Crippen MR) is 109 cm³/mol. The molecule has 0 radical (unpaired) electrons. The summed E-state index contributed by atoms with van der Waals surface area (Å²) in [6.07, 6.45) is 8.17. The third-order valence-electron chi connectivity index (χ3n) is 5.02. The largest absolute Gasteiger partial charge is 0.399 e. The lowest BCUT2D eigenvalue weighted by molar-refractivity contribution is 0.673. The molecule has 1 aliphatic carbocycles. The van der Waals surface area contributed by atoms with Crippen LogP contribution in [0.4, 0.5) is 11.4 Å². The molecule has 1 aliphatic heterocycles. The van der Waals surface area contributed by atoms with Crippen molar-refractivity contribution in [1.29, 1.82) is 0 Å². The van der Waals surface area contributed by atoms with Crippen molar-refractivity contribution in [2.75, 3.05) is 11.5 Å². The van der Waals surface area contributed by atoms with E-state index in [1.165, 1.54) is 30.4 Å². The average Bonchev–Trinajstić information content (AvgIpc) is 2.63. The standard InChI is InChI=1S/C22H24N4/c23-17-11-7-15(8-12-17)21-19-5-3-1-2-4-6-20(19)22(26-25-21)16-9-13-18(24)14-10-16/h5,7-14,26H,1-4,6,23-24H2/b19-5+. The maximum absolute atomic E-state index is 5.86. The highest BCUT2D eigenvalue weighted by Crippen LogP contribution is 2.34. The fourth-order valence-corrected chi connectivity index (χ4v) is 3.62. The van der Waals surface area contributed by atoms with Gasteiger partial charge < -0.3 is 11.5 Å². The van der Waals surface area contributed by atoms with E-state index in [-0.39, 0.29) is 0 Å². The lowest BCUT2D eigenvalue weighted by Gasteiger charge is -2.26. The SMILES string of the molecule is Nc1ccc(C2=NNC(c3ccc(N)cc3)=C3CCCCC/C=C/23)cc1. The van der Waals surface area contributed by atoms with Crippen molar-refractivity contribution in [3.8, 4) is 0 Å². The molecule has 0 saturated carbocycles. The summed E-state index contributed by atoms with van der Waals surface area (Å²) in [5, 5.41) is 4.73. The zero-order valence-corrected chi connectivity index (χ0v) is 14.8. The Morgan fingerprint density at radius 2 is 1.42 bits per heavy atom. The van der Waals surface area contributed by atoms with Crippen LogP contribution in [-0.2, 0) is 0 Å². The normalized spacial score (nSPS) is 19.4. The maximum Gasteiger partial charge on any atom is 0.0978 e. The molecule has 0 unspecified atom stereocenters. The van der Waals surface area contributed by atoms with E-state index in [1.807, 2.05) is 36.4 Å². The number of anilines is 2. The number of nitrogens with zero attached hydrogens (tertiary/aromatic N) is 1. The van der Waals surface area contributed by atoms with Crippen molar-refractivity contribution in [2.45, 2.75) is 32.1 Å². The van der Waals surface area contributed by atoms with Crippen molar-refractivity contribution in [3.63, 3.8) is 0 Å². The van der Waals surface area contributed by atoms with E-state index in [1.54, 1.807) is 0 Å². The van der Waals surface area contributed by atoms with Crippen molar-refractivity contribution < 1.29 is 0 Å². The van der Waals surface area contributed by atoms with Crippen LogP contribution in [0.3, 0.4) is 0 Å². The molecule has 26 heavy (non-hydrogen) atoms. The predicted octanol–water partition coefficient (Wildman–Crippen LogP) is 4.46. The van der Waals surface area contributed by atoms with Gasteiger partial charge in [-0.05, 0) is 61.1 Å². The van der Waals surface area contributed by atoms with Crippen LogP contribution in [0, 0.1) is 0 Å². The van der Waals surface area contributed by atoms with E-state index in [4.69, 9.17) is 16.6 Å². The van der Waals surface area contributed by atoms with Gasteiger partial charge in [0.15, 0.2) is 0 Å². The van der Waals surface area contributed by atoms with Crippen LogP contribution in [-0.4, -0.2) is 5.71 Å². The second-order valence-corrected chi connectivity index (χ2v) is 6.89. The summed E-state index contributed by atoms with van der Waals surface area (Å²) in [5.41, 5.74) is 23.5. The number of rotatable bonds is 2. The topological polar surface area (TPSA) is 76.4 Å². The van der Waals surface area contributed by atoms with E-state index in [9.17, 15) is 0 Å². The number of nitrogens with two attached hydrogens (primary N) is 2. The maximum atomic E-state index is 5.86. The molecular formula is C22H24N4. The van der Waals surface area contributed by atoms with Crippen molar-refractivity contribution in [2.24, 2.45) is 5.10 Å². The minimum atomic E-state index is 0.767. The fourth-order valence-electron chi connectivity index (χ4n) is 3.62. The third-order valence-corrected chi connectivity index (χ3v) is 5.02. The molecular weight excluding hydrogens is 320 g/mol. The molecule has 0 amide bonds. The van der Waals surface area contributed by atoms with E-state index >= 15 is 0 Å². The van der Waals surface area contributed by atoms with Crippen molar-refractivity contribution in [1.82, 2.24) is 5.43 Å². The van der Waals surface area contributed by atoms with Crippen molar-refractivity contribution in [3.05, 3.63) is 76.9 Å². The minimum absolute atomic E-state index is 0.767. The lowest BCUT2D eigenvalue weighted by Crippen LogP contribution is -2.23. The molecule has 0 spiro atoms. The fraction of sp³-hybridized carbons (Fsp3) is 0.227. The Hall–Kier alpha value is -3.01. The molecule has 0 bridgehead atoms. The number of hydrogen-bond acceptors (Lipinski definition) is 4. The molecule has 5 N–H and O–H groups in total. The first-order valence-corrected chi connectivity index (χ1v) is 9.22. The van der Waals surface area contributed by atoms with Gasteiger partial charge in [0.05, 0.1) is 11.4 Å². The first-order chi connectivity index (χ1) is 12.7. The molecule has 132 valence electrons. The second-order valence-electron chi connectivity index (χ2n) is 6.89. The molecule has 2 aliphatic rings. The van der Waals surface area contributed by atoms with Gasteiger partial charge in [-0.15, -0.1) is 0 Å². The lowest BCUT2D eigenvalue weighted by atomic mass is 9.85.